The van der Waals surface area contributed by atoms with Gasteiger partial charge in [-0.2, -0.15) is 0 Å². The van der Waals surface area contributed by atoms with Crippen LogP contribution in [0.5, 0.6) is 5.75 Å². The number of hydrogen-bond acceptors (Lipinski definition) is 3. The minimum atomic E-state index is 0.593. The van der Waals surface area contributed by atoms with Gasteiger partial charge in [0.15, 0.2) is 0 Å². The van der Waals surface area contributed by atoms with Gasteiger partial charge < -0.3 is 10.1 Å². The summed E-state index contributed by atoms with van der Waals surface area (Å²) >= 11 is 3.55. The van der Waals surface area contributed by atoms with Crippen LogP contribution < -0.4 is 10.1 Å². The Hall–Kier alpha value is -2.08. The summed E-state index contributed by atoms with van der Waals surface area (Å²) in [5, 5.41) is 3.16. The normalized spacial score (nSPS) is 18.8. The van der Waals surface area contributed by atoms with Gasteiger partial charge in [0.1, 0.15) is 5.75 Å². The quantitative estimate of drug-likeness (QED) is 0.915. The van der Waals surface area contributed by atoms with Crippen LogP contribution in [-0.2, 0) is 6.54 Å². The first kappa shape index (κ1) is 13.9. The van der Waals surface area contributed by atoms with Gasteiger partial charge in [-0.3, -0.25) is 9.89 Å². The van der Waals surface area contributed by atoms with Crippen LogP contribution in [0.4, 0.5) is 0 Å². The summed E-state index contributed by atoms with van der Waals surface area (Å²) in [6, 6.07) is 7.90. The Morgan fingerprint density at radius 2 is 2.19 bits per heavy atom. The van der Waals surface area contributed by atoms with Crippen molar-refractivity contribution >= 4 is 28.2 Å². The predicted molar refractivity (Wildman–Crippen MR) is 87.6 cm³/mol. The Labute approximate surface area is 131 Å². The van der Waals surface area contributed by atoms with Crippen LogP contribution in [0.1, 0.15) is 5.56 Å². The van der Waals surface area contributed by atoms with Gasteiger partial charge in [0.2, 0.25) is 5.96 Å². The lowest BCUT2D eigenvalue weighted by Gasteiger charge is -2.29. The number of nitrogens with one attached hydrogen (secondary N) is 1. The molecule has 1 N–H and O–H groups in total. The van der Waals surface area contributed by atoms with E-state index in [1.54, 1.807) is 13.4 Å². The summed E-state index contributed by atoms with van der Waals surface area (Å²) in [5.74, 6) is 1.62. The van der Waals surface area contributed by atoms with Gasteiger partial charge in [0, 0.05) is 10.7 Å². The molecule has 2 aliphatic rings. The zero-order valence-corrected chi connectivity index (χ0v) is 13.2. The van der Waals surface area contributed by atoms with Gasteiger partial charge in [-0.05, 0) is 23.8 Å². The van der Waals surface area contributed by atoms with E-state index in [0.717, 1.165) is 27.5 Å². The molecule has 1 aromatic carbocycles. The minimum absolute atomic E-state index is 0.593. The van der Waals surface area contributed by atoms with Gasteiger partial charge in [0.05, 0.1) is 32.2 Å². The first-order valence-corrected chi connectivity index (χ1v) is 7.35. The molecule has 0 spiro atoms. The number of benzene rings is 1. The average Bonchev–Trinajstić information content (AvgIpc) is 2.54. The SMILES string of the molecule is COc1ccc(CN=C2NC=CC3=C(Br)CN=CN23)cc1. The molecule has 2 aliphatic heterocycles. The summed E-state index contributed by atoms with van der Waals surface area (Å²) in [4.78, 5) is 10.9. The molecule has 0 amide bonds. The monoisotopic (exact) mass is 346 g/mol. The number of aliphatic imine (C=N–C) groups is 2. The zero-order chi connectivity index (χ0) is 14.7. The lowest BCUT2D eigenvalue weighted by atomic mass is 10.2. The van der Waals surface area contributed by atoms with Gasteiger partial charge >= 0.3 is 0 Å². The first-order chi connectivity index (χ1) is 10.3. The second kappa shape index (κ2) is 6.13. The van der Waals surface area contributed by atoms with E-state index >= 15 is 0 Å². The second-order valence-electron chi connectivity index (χ2n) is 4.58. The molecular formula is C15H15BrN4O. The van der Waals surface area contributed by atoms with Crippen LogP contribution in [0, 0.1) is 0 Å². The van der Waals surface area contributed by atoms with E-state index in [-0.39, 0.29) is 0 Å². The van der Waals surface area contributed by atoms with Gasteiger partial charge in [-0.25, -0.2) is 4.99 Å². The van der Waals surface area contributed by atoms with Crippen molar-refractivity contribution in [1.29, 1.82) is 0 Å². The van der Waals surface area contributed by atoms with E-state index in [4.69, 9.17) is 4.74 Å². The highest BCUT2D eigenvalue weighted by molar-refractivity contribution is 9.11. The molecule has 5 nitrogen and oxygen atoms in total. The number of guanidine groups is 1. The van der Waals surface area contributed by atoms with Crippen LogP contribution in [0.25, 0.3) is 0 Å². The maximum Gasteiger partial charge on any atom is 0.208 e. The van der Waals surface area contributed by atoms with Crippen molar-refractivity contribution in [3.63, 3.8) is 0 Å². The molecule has 0 saturated heterocycles. The molecule has 0 aromatic heterocycles. The fourth-order valence-corrected chi connectivity index (χ4v) is 2.57. The van der Waals surface area contributed by atoms with Crippen LogP contribution >= 0.6 is 15.9 Å². The van der Waals surface area contributed by atoms with Crippen LogP contribution in [0.3, 0.4) is 0 Å². The third-order valence-electron chi connectivity index (χ3n) is 3.22. The zero-order valence-electron chi connectivity index (χ0n) is 11.6. The van der Waals surface area contributed by atoms with Crippen LogP contribution in [0.15, 0.2) is 56.7 Å². The molecule has 0 unspecified atom stereocenters. The highest BCUT2D eigenvalue weighted by atomic mass is 79.9. The second-order valence-corrected chi connectivity index (χ2v) is 5.54. The van der Waals surface area contributed by atoms with E-state index in [2.05, 4.69) is 31.2 Å². The van der Waals surface area contributed by atoms with Crippen LogP contribution in [-0.4, -0.2) is 30.9 Å². The van der Waals surface area contributed by atoms with E-state index in [9.17, 15) is 0 Å². The Morgan fingerprint density at radius 3 is 2.95 bits per heavy atom. The molecule has 1 aromatic rings. The van der Waals surface area contributed by atoms with Crippen molar-refractivity contribution in [3.05, 3.63) is 52.3 Å². The summed E-state index contributed by atoms with van der Waals surface area (Å²) in [6.45, 7) is 1.26. The fourth-order valence-electron chi connectivity index (χ4n) is 2.10. The van der Waals surface area contributed by atoms with E-state index in [0.29, 0.717) is 13.1 Å². The molecule has 3 rings (SSSR count). The molecule has 0 aliphatic carbocycles. The summed E-state index contributed by atoms with van der Waals surface area (Å²) < 4.78 is 6.21. The molecule has 0 atom stereocenters. The molecule has 0 radical (unpaired) electrons. The van der Waals surface area contributed by atoms with Gasteiger partial charge in [-0.15, -0.1) is 0 Å². The predicted octanol–water partition coefficient (Wildman–Crippen LogP) is 2.62. The van der Waals surface area contributed by atoms with Crippen molar-refractivity contribution in [2.24, 2.45) is 9.98 Å². The Bertz CT molecular complexity index is 646. The van der Waals surface area contributed by atoms with E-state index in [1.165, 1.54) is 0 Å². The number of halogens is 1. The van der Waals surface area contributed by atoms with E-state index < -0.39 is 0 Å². The molecule has 6 heteroatoms. The number of methoxy groups -OCH3 is 1. The van der Waals surface area contributed by atoms with Crippen molar-refractivity contribution in [3.8, 4) is 5.75 Å². The number of allylic oxidation sites excluding steroid dienone is 1. The Kier molecular flexibility index (Phi) is 4.06. The standard InChI is InChI=1S/C15H15BrN4O/c1-21-12-4-2-11(3-5-12)8-19-15-18-7-6-14-13(16)9-17-10-20(14)15/h2-7,10H,8-9H2,1H3,(H,18,19). The Morgan fingerprint density at radius 1 is 1.38 bits per heavy atom. The number of hydrogen-bond donors (Lipinski definition) is 1. The lowest BCUT2D eigenvalue weighted by Crippen LogP contribution is -2.41. The first-order valence-electron chi connectivity index (χ1n) is 6.56. The molecule has 108 valence electrons. The molecule has 2 heterocycles. The summed E-state index contributed by atoms with van der Waals surface area (Å²) in [6.07, 6.45) is 5.68. The smallest absolute Gasteiger partial charge is 0.208 e. The number of nitrogens with zero attached hydrogens (tertiary/aromatic N) is 3. The fraction of sp³-hybridized carbons (Fsp3) is 0.200. The number of ether oxygens (including phenoxy) is 1. The topological polar surface area (TPSA) is 49.2 Å². The largest absolute Gasteiger partial charge is 0.497 e. The van der Waals surface area contributed by atoms with Crippen molar-refractivity contribution in [2.45, 2.75) is 6.54 Å². The number of fused-ring (bicyclic) bond motifs is 1. The summed E-state index contributed by atoms with van der Waals surface area (Å²) in [7, 11) is 1.66. The average molecular weight is 347 g/mol. The summed E-state index contributed by atoms with van der Waals surface area (Å²) in [5.41, 5.74) is 2.19. The van der Waals surface area contributed by atoms with Gasteiger partial charge in [-0.1, -0.05) is 28.1 Å². The van der Waals surface area contributed by atoms with Crippen molar-refractivity contribution < 1.29 is 4.74 Å². The van der Waals surface area contributed by atoms with Crippen molar-refractivity contribution in [1.82, 2.24) is 10.2 Å². The third kappa shape index (κ3) is 3.00. The molecular weight excluding hydrogens is 332 g/mol. The molecule has 0 bridgehead atoms. The highest BCUT2D eigenvalue weighted by Gasteiger charge is 2.20. The van der Waals surface area contributed by atoms with E-state index in [1.807, 2.05) is 41.4 Å². The maximum atomic E-state index is 5.15. The third-order valence-corrected chi connectivity index (χ3v) is 3.87. The van der Waals surface area contributed by atoms with Gasteiger partial charge in [0.25, 0.3) is 0 Å². The lowest BCUT2D eigenvalue weighted by molar-refractivity contribution is 0.414. The van der Waals surface area contributed by atoms with Crippen molar-refractivity contribution in [2.75, 3.05) is 13.7 Å². The Balaban J connectivity index is 1.78. The highest BCUT2D eigenvalue weighted by Crippen LogP contribution is 2.22. The molecule has 21 heavy (non-hydrogen) atoms. The molecule has 0 fully saturated rings. The molecule has 0 saturated carbocycles. The minimum Gasteiger partial charge on any atom is -0.497 e. The number of rotatable bonds is 3. The maximum absolute atomic E-state index is 5.15. The van der Waals surface area contributed by atoms with Crippen LogP contribution in [0.2, 0.25) is 0 Å².